The van der Waals surface area contributed by atoms with E-state index in [0.717, 1.165) is 22.1 Å². The number of hydrogen-bond acceptors (Lipinski definition) is 3. The summed E-state index contributed by atoms with van der Waals surface area (Å²) in [4.78, 5) is 4.82. The SMILES string of the molecule is c1ccc2c(c1)cnc1c3cccc4oc5cccc(sc21)c5c43. The maximum absolute atomic E-state index is 6.07. The molecule has 0 radical (unpaired) electrons. The van der Waals surface area contributed by atoms with E-state index in [1.807, 2.05) is 18.3 Å². The first-order valence-electron chi connectivity index (χ1n) is 7.90. The molecule has 3 heteroatoms. The number of fused-ring (bicyclic) bond motifs is 4. The highest BCUT2D eigenvalue weighted by atomic mass is 32.1. The van der Waals surface area contributed by atoms with E-state index >= 15 is 0 Å². The number of hydrogen-bond donors (Lipinski definition) is 0. The van der Waals surface area contributed by atoms with Gasteiger partial charge >= 0.3 is 0 Å². The molecule has 0 aliphatic heterocycles. The zero-order chi connectivity index (χ0) is 15.7. The molecule has 0 atom stereocenters. The zero-order valence-electron chi connectivity index (χ0n) is 12.6. The molecule has 0 aliphatic rings. The minimum atomic E-state index is 0.929. The summed E-state index contributed by atoms with van der Waals surface area (Å²) in [6.07, 6.45) is 1.97. The number of pyridine rings is 1. The fourth-order valence-electron chi connectivity index (χ4n) is 3.66. The number of rotatable bonds is 0. The summed E-state index contributed by atoms with van der Waals surface area (Å²) in [6, 6.07) is 21.0. The van der Waals surface area contributed by atoms with E-state index in [0.29, 0.717) is 0 Å². The van der Waals surface area contributed by atoms with Crippen LogP contribution in [0.3, 0.4) is 0 Å². The molecule has 3 aromatic carbocycles. The minimum Gasteiger partial charge on any atom is -0.456 e. The predicted molar refractivity (Wildman–Crippen MR) is 102 cm³/mol. The van der Waals surface area contributed by atoms with Crippen molar-refractivity contribution in [2.75, 3.05) is 0 Å². The third-order valence-electron chi connectivity index (χ3n) is 4.70. The number of furan rings is 1. The van der Waals surface area contributed by atoms with Gasteiger partial charge in [-0.3, -0.25) is 4.98 Å². The van der Waals surface area contributed by atoms with Gasteiger partial charge in [0.05, 0.1) is 10.2 Å². The summed E-state index contributed by atoms with van der Waals surface area (Å²) in [5.41, 5.74) is 2.92. The lowest BCUT2D eigenvalue weighted by Crippen LogP contribution is -1.79. The van der Waals surface area contributed by atoms with Crippen LogP contribution in [0, 0.1) is 0 Å². The van der Waals surface area contributed by atoms with Crippen LogP contribution >= 0.6 is 11.3 Å². The van der Waals surface area contributed by atoms with Gasteiger partial charge in [-0.15, -0.1) is 11.3 Å². The minimum absolute atomic E-state index is 0.929. The molecule has 3 aromatic heterocycles. The van der Waals surface area contributed by atoms with Gasteiger partial charge in [-0.1, -0.05) is 42.5 Å². The van der Waals surface area contributed by atoms with Crippen LogP contribution in [0.25, 0.3) is 53.0 Å². The average Bonchev–Trinajstić information content (AvgIpc) is 2.94. The van der Waals surface area contributed by atoms with Gasteiger partial charge in [0.15, 0.2) is 0 Å². The molecular formula is C21H11NOS. The largest absolute Gasteiger partial charge is 0.456 e. The van der Waals surface area contributed by atoms with Crippen LogP contribution in [0.15, 0.2) is 71.3 Å². The van der Waals surface area contributed by atoms with Gasteiger partial charge < -0.3 is 4.42 Å². The molecule has 6 rings (SSSR count). The fourth-order valence-corrected chi connectivity index (χ4v) is 4.89. The third kappa shape index (κ3) is 1.47. The molecule has 0 amide bonds. The van der Waals surface area contributed by atoms with Gasteiger partial charge in [0.2, 0.25) is 0 Å². The van der Waals surface area contributed by atoms with Crippen LogP contribution in [0.1, 0.15) is 0 Å². The van der Waals surface area contributed by atoms with Gasteiger partial charge in [0, 0.05) is 37.8 Å². The average molecular weight is 325 g/mol. The summed E-state index contributed by atoms with van der Waals surface area (Å²) >= 11 is 1.79. The maximum Gasteiger partial charge on any atom is 0.136 e. The van der Waals surface area contributed by atoms with Crippen LogP contribution in [0.2, 0.25) is 0 Å². The van der Waals surface area contributed by atoms with Gasteiger partial charge in [0.25, 0.3) is 0 Å². The second-order valence-electron chi connectivity index (χ2n) is 6.04. The topological polar surface area (TPSA) is 26.0 Å². The molecule has 0 N–H and O–H groups in total. The summed E-state index contributed by atoms with van der Waals surface area (Å²) in [5, 5.41) is 5.97. The first-order chi connectivity index (χ1) is 11.9. The van der Waals surface area contributed by atoms with Crippen LogP contribution in [-0.2, 0) is 0 Å². The van der Waals surface area contributed by atoms with Crippen molar-refractivity contribution in [2.24, 2.45) is 0 Å². The summed E-state index contributed by atoms with van der Waals surface area (Å²) in [7, 11) is 0. The van der Waals surface area contributed by atoms with Crippen molar-refractivity contribution in [1.29, 1.82) is 0 Å². The molecule has 112 valence electrons. The lowest BCUT2D eigenvalue weighted by Gasteiger charge is -2.01. The molecule has 0 bridgehead atoms. The Morgan fingerprint density at radius 2 is 1.54 bits per heavy atom. The van der Waals surface area contributed by atoms with Crippen LogP contribution in [0.5, 0.6) is 0 Å². The highest BCUT2D eigenvalue weighted by Gasteiger charge is 2.15. The number of benzene rings is 3. The fraction of sp³-hybridized carbons (Fsp3) is 0. The van der Waals surface area contributed by atoms with Crippen LogP contribution in [0.4, 0.5) is 0 Å². The summed E-state index contributed by atoms with van der Waals surface area (Å²) in [5.74, 6) is 0. The lowest BCUT2D eigenvalue weighted by atomic mass is 10.1. The van der Waals surface area contributed by atoms with E-state index in [2.05, 4.69) is 48.5 Å². The number of nitrogens with zero attached hydrogens (tertiary/aromatic N) is 1. The van der Waals surface area contributed by atoms with Crippen molar-refractivity contribution in [3.05, 3.63) is 66.9 Å². The Balaban J connectivity index is 2.08. The molecule has 0 fully saturated rings. The summed E-state index contributed by atoms with van der Waals surface area (Å²) < 4.78 is 8.53. The predicted octanol–water partition coefficient (Wildman–Crippen LogP) is 6.50. The van der Waals surface area contributed by atoms with Crippen molar-refractivity contribution >= 4 is 64.4 Å². The van der Waals surface area contributed by atoms with Crippen molar-refractivity contribution in [3.8, 4) is 0 Å². The normalized spacial score (nSPS) is 12.2. The Bertz CT molecular complexity index is 1410. The van der Waals surface area contributed by atoms with E-state index in [-0.39, 0.29) is 0 Å². The van der Waals surface area contributed by atoms with Crippen molar-refractivity contribution in [2.45, 2.75) is 0 Å². The standard InChI is InChI=1S/C21H11NOS/c1-2-6-13-12(5-1)11-22-20-14-7-3-8-15-18(14)19-16(23-15)9-4-10-17(19)24-21(13)20/h1-11H. The Morgan fingerprint density at radius 3 is 2.50 bits per heavy atom. The quantitative estimate of drug-likeness (QED) is 0.318. The summed E-state index contributed by atoms with van der Waals surface area (Å²) in [6.45, 7) is 0. The van der Waals surface area contributed by atoms with Gasteiger partial charge in [-0.25, -0.2) is 0 Å². The number of aromatic nitrogens is 1. The first-order valence-corrected chi connectivity index (χ1v) is 8.72. The van der Waals surface area contributed by atoms with E-state index in [9.17, 15) is 0 Å². The van der Waals surface area contributed by atoms with Crippen LogP contribution < -0.4 is 0 Å². The molecule has 3 heterocycles. The lowest BCUT2D eigenvalue weighted by molar-refractivity contribution is 0.669. The first kappa shape index (κ1) is 12.5. The molecule has 2 nitrogen and oxygen atoms in total. The molecule has 0 saturated carbocycles. The smallest absolute Gasteiger partial charge is 0.136 e. The van der Waals surface area contributed by atoms with E-state index in [1.54, 1.807) is 11.3 Å². The van der Waals surface area contributed by atoms with Crippen molar-refractivity contribution < 1.29 is 4.42 Å². The van der Waals surface area contributed by atoms with Crippen molar-refractivity contribution in [3.63, 3.8) is 0 Å². The maximum atomic E-state index is 6.07. The molecule has 24 heavy (non-hydrogen) atoms. The monoisotopic (exact) mass is 325 g/mol. The second-order valence-corrected chi connectivity index (χ2v) is 7.09. The van der Waals surface area contributed by atoms with Gasteiger partial charge in [-0.05, 0) is 18.2 Å². The Labute approximate surface area is 140 Å². The van der Waals surface area contributed by atoms with E-state index in [4.69, 9.17) is 9.40 Å². The van der Waals surface area contributed by atoms with Crippen molar-refractivity contribution in [1.82, 2.24) is 4.98 Å². The molecule has 6 aromatic rings. The second kappa shape index (κ2) is 4.34. The molecule has 0 spiro atoms. The third-order valence-corrected chi connectivity index (χ3v) is 5.88. The van der Waals surface area contributed by atoms with Gasteiger partial charge in [-0.2, -0.15) is 0 Å². The molecule has 0 aliphatic carbocycles. The van der Waals surface area contributed by atoms with E-state index in [1.165, 1.54) is 30.9 Å². The Hall–Kier alpha value is -2.91. The van der Waals surface area contributed by atoms with Gasteiger partial charge in [0.1, 0.15) is 11.2 Å². The molecular weight excluding hydrogens is 314 g/mol. The molecule has 0 saturated heterocycles. The highest BCUT2D eigenvalue weighted by molar-refractivity contribution is 7.25. The van der Waals surface area contributed by atoms with Crippen LogP contribution in [-0.4, -0.2) is 4.98 Å². The Kier molecular flexibility index (Phi) is 2.26. The molecule has 0 unspecified atom stereocenters. The van der Waals surface area contributed by atoms with E-state index < -0.39 is 0 Å². The Morgan fingerprint density at radius 1 is 0.750 bits per heavy atom. The zero-order valence-corrected chi connectivity index (χ0v) is 13.4. The highest BCUT2D eigenvalue weighted by Crippen LogP contribution is 2.42.